The summed E-state index contributed by atoms with van der Waals surface area (Å²) in [6.45, 7) is 2.74. The number of hydrogen-bond donors (Lipinski definition) is 0. The van der Waals surface area contributed by atoms with E-state index in [1.807, 2.05) is 0 Å². The van der Waals surface area contributed by atoms with Gasteiger partial charge in [-0.2, -0.15) is 4.91 Å². The Morgan fingerprint density at radius 2 is 1.21 bits per heavy atom. The molecule has 88 valence electrons. The van der Waals surface area contributed by atoms with Gasteiger partial charge >= 0.3 is 0 Å². The van der Waals surface area contributed by atoms with E-state index in [2.05, 4.69) is 12.1 Å². The van der Waals surface area contributed by atoms with E-state index in [-0.39, 0.29) is 14.9 Å². The molecule has 0 fully saturated rings. The van der Waals surface area contributed by atoms with E-state index in [4.69, 9.17) is 0 Å². The predicted octanol–water partition coefficient (Wildman–Crippen LogP) is 5.17. The van der Waals surface area contributed by atoms with Gasteiger partial charge in [-0.3, -0.25) is 0 Å². The Hall–Kier alpha value is -0.400. The maximum atomic E-state index is 9.73. The highest BCUT2D eigenvalue weighted by molar-refractivity contribution is 4.47. The van der Waals surface area contributed by atoms with Gasteiger partial charge in [0.25, 0.3) is 0 Å². The molecule has 0 radical (unpaired) electrons. The molecular weight excluding hydrogens is 174 g/mol. The van der Waals surface area contributed by atoms with E-state index < -0.39 is 0 Å². The second-order valence-electron chi connectivity index (χ2n) is 3.33. The largest absolute Gasteiger partial charge is 0.151 e. The molecule has 0 saturated carbocycles. The summed E-state index contributed by atoms with van der Waals surface area (Å²) in [6.07, 6.45) is 10.2. The van der Waals surface area contributed by atoms with Crippen molar-refractivity contribution >= 4 is 0 Å². The van der Waals surface area contributed by atoms with Crippen LogP contribution >= 0.6 is 0 Å². The molecular formula is C12H29NO. The Morgan fingerprint density at radius 3 is 1.64 bits per heavy atom. The number of nitroso groups, excluding NO2 is 1. The normalized spacial score (nSPS) is 8.64. The van der Waals surface area contributed by atoms with Crippen LogP contribution in [0.5, 0.6) is 0 Å². The van der Waals surface area contributed by atoms with Crippen molar-refractivity contribution in [3.05, 3.63) is 4.91 Å². The molecule has 0 amide bonds. The molecule has 0 atom stereocenters. The second-order valence-corrected chi connectivity index (χ2v) is 3.33. The first kappa shape index (κ1) is 19.2. The summed E-state index contributed by atoms with van der Waals surface area (Å²) in [5.41, 5.74) is 0. The fraction of sp³-hybridized carbons (Fsp3) is 1.00. The zero-order chi connectivity index (χ0) is 9.07. The van der Waals surface area contributed by atoms with Gasteiger partial charge in [-0.1, -0.05) is 71.9 Å². The summed E-state index contributed by atoms with van der Waals surface area (Å²) in [5.74, 6) is 0. The zero-order valence-electron chi connectivity index (χ0n) is 8.22. The average molecular weight is 203 g/mol. The molecule has 0 aliphatic rings. The van der Waals surface area contributed by atoms with Gasteiger partial charge in [0.1, 0.15) is 0 Å². The Kier molecular flexibility index (Phi) is 25.3. The van der Waals surface area contributed by atoms with Gasteiger partial charge in [0.15, 0.2) is 0 Å². The molecule has 0 aliphatic heterocycles. The van der Waals surface area contributed by atoms with Crippen LogP contribution in [0, 0.1) is 4.91 Å². The van der Waals surface area contributed by atoms with Gasteiger partial charge in [-0.25, -0.2) is 0 Å². The molecule has 0 aromatic heterocycles. The van der Waals surface area contributed by atoms with Gasteiger partial charge in [-0.15, -0.1) is 0 Å². The standard InChI is InChI=1S/C10H21NO.2CH4/c1-2-3-4-5-6-7-8-9-10-11-12;;/h2-10H2,1H3;2*1H4. The third-order valence-electron chi connectivity index (χ3n) is 2.10. The van der Waals surface area contributed by atoms with Crippen LogP contribution in [0.25, 0.3) is 0 Å². The van der Waals surface area contributed by atoms with Crippen LogP contribution in [0.3, 0.4) is 0 Å². The maximum absolute atomic E-state index is 9.73. The van der Waals surface area contributed by atoms with Crippen LogP contribution in [-0.4, -0.2) is 6.54 Å². The first-order valence-corrected chi connectivity index (χ1v) is 5.21. The molecule has 0 saturated heterocycles. The lowest BCUT2D eigenvalue weighted by molar-refractivity contribution is 0.578. The molecule has 14 heavy (non-hydrogen) atoms. The number of unbranched alkanes of at least 4 members (excludes halogenated alkanes) is 7. The molecule has 0 unspecified atom stereocenters. The van der Waals surface area contributed by atoms with Crippen molar-refractivity contribution in [3.63, 3.8) is 0 Å². The molecule has 0 spiro atoms. The molecule has 2 nitrogen and oxygen atoms in total. The third kappa shape index (κ3) is 17.6. The van der Waals surface area contributed by atoms with Crippen molar-refractivity contribution in [2.45, 2.75) is 73.1 Å². The first-order chi connectivity index (χ1) is 5.91. The van der Waals surface area contributed by atoms with Crippen LogP contribution in [0.1, 0.15) is 73.1 Å². The van der Waals surface area contributed by atoms with Gasteiger partial charge in [0, 0.05) is 0 Å². The number of rotatable bonds is 9. The first-order valence-electron chi connectivity index (χ1n) is 5.21. The maximum Gasteiger partial charge on any atom is 0.0811 e. The molecule has 0 rings (SSSR count). The van der Waals surface area contributed by atoms with E-state index in [9.17, 15) is 4.91 Å². The highest BCUT2D eigenvalue weighted by Crippen LogP contribution is 2.07. The lowest BCUT2D eigenvalue weighted by Crippen LogP contribution is -1.82. The number of hydrogen-bond acceptors (Lipinski definition) is 2. The monoisotopic (exact) mass is 203 g/mol. The van der Waals surface area contributed by atoms with Crippen molar-refractivity contribution < 1.29 is 0 Å². The van der Waals surface area contributed by atoms with Gasteiger partial charge in [-0.05, 0) is 6.42 Å². The van der Waals surface area contributed by atoms with Crippen LogP contribution in [0.4, 0.5) is 0 Å². The molecule has 0 bridgehead atoms. The second kappa shape index (κ2) is 18.4. The molecule has 0 N–H and O–H groups in total. The van der Waals surface area contributed by atoms with E-state index >= 15 is 0 Å². The summed E-state index contributed by atoms with van der Waals surface area (Å²) in [7, 11) is 0. The van der Waals surface area contributed by atoms with Crippen LogP contribution in [-0.2, 0) is 0 Å². The van der Waals surface area contributed by atoms with E-state index in [0.29, 0.717) is 6.54 Å². The minimum Gasteiger partial charge on any atom is -0.151 e. The smallest absolute Gasteiger partial charge is 0.0811 e. The quantitative estimate of drug-likeness (QED) is 0.375. The lowest BCUT2D eigenvalue weighted by Gasteiger charge is -1.98. The highest BCUT2D eigenvalue weighted by Gasteiger charge is 1.90. The molecule has 0 aliphatic carbocycles. The van der Waals surface area contributed by atoms with Crippen molar-refractivity contribution in [2.75, 3.05) is 6.54 Å². The van der Waals surface area contributed by atoms with Crippen LogP contribution < -0.4 is 0 Å². The van der Waals surface area contributed by atoms with Gasteiger partial charge < -0.3 is 0 Å². The molecule has 2 heteroatoms. The Bertz CT molecular complexity index is 94.3. The topological polar surface area (TPSA) is 29.4 Å². The fourth-order valence-corrected chi connectivity index (χ4v) is 1.31. The van der Waals surface area contributed by atoms with Crippen LogP contribution in [0.15, 0.2) is 5.18 Å². The van der Waals surface area contributed by atoms with Crippen molar-refractivity contribution in [3.8, 4) is 0 Å². The van der Waals surface area contributed by atoms with E-state index in [1.165, 1.54) is 44.9 Å². The average Bonchev–Trinajstić information content (AvgIpc) is 2.10. The Morgan fingerprint density at radius 1 is 0.786 bits per heavy atom. The Labute approximate surface area is 90.5 Å². The summed E-state index contributed by atoms with van der Waals surface area (Å²) in [4.78, 5) is 9.73. The fourth-order valence-electron chi connectivity index (χ4n) is 1.31. The Balaban J connectivity index is -0.000000605. The van der Waals surface area contributed by atoms with E-state index in [0.717, 1.165) is 6.42 Å². The lowest BCUT2D eigenvalue weighted by atomic mass is 10.1. The van der Waals surface area contributed by atoms with Crippen molar-refractivity contribution in [1.82, 2.24) is 0 Å². The molecule has 0 heterocycles. The molecule has 0 aromatic carbocycles. The predicted molar refractivity (Wildman–Crippen MR) is 66.7 cm³/mol. The van der Waals surface area contributed by atoms with Gasteiger partial charge in [0.05, 0.1) is 6.54 Å². The summed E-state index contributed by atoms with van der Waals surface area (Å²) in [5, 5.41) is 2.83. The third-order valence-corrected chi connectivity index (χ3v) is 2.10. The summed E-state index contributed by atoms with van der Waals surface area (Å²) < 4.78 is 0. The van der Waals surface area contributed by atoms with Gasteiger partial charge in [0.2, 0.25) is 0 Å². The number of nitrogens with zero attached hydrogens (tertiary/aromatic N) is 1. The van der Waals surface area contributed by atoms with Crippen molar-refractivity contribution in [1.29, 1.82) is 0 Å². The SMILES string of the molecule is C.C.CCCCCCCCCCN=O. The van der Waals surface area contributed by atoms with Crippen LogP contribution in [0.2, 0.25) is 0 Å². The summed E-state index contributed by atoms with van der Waals surface area (Å²) in [6, 6.07) is 0. The minimum absolute atomic E-state index is 0. The molecule has 0 aromatic rings. The zero-order valence-corrected chi connectivity index (χ0v) is 8.22. The van der Waals surface area contributed by atoms with E-state index in [1.54, 1.807) is 0 Å². The van der Waals surface area contributed by atoms with Crippen molar-refractivity contribution in [2.24, 2.45) is 5.18 Å². The summed E-state index contributed by atoms with van der Waals surface area (Å²) >= 11 is 0. The minimum atomic E-state index is 0. The highest BCUT2D eigenvalue weighted by atomic mass is 16.3.